The van der Waals surface area contributed by atoms with Gasteiger partial charge in [-0.05, 0) is 50.8 Å². The van der Waals surface area contributed by atoms with E-state index in [0.29, 0.717) is 25.6 Å². The molecule has 0 bridgehead atoms. The lowest BCUT2D eigenvalue weighted by Gasteiger charge is -2.20. The zero-order chi connectivity index (χ0) is 19.8. The average Bonchev–Trinajstić information content (AvgIpc) is 2.94. The molecule has 6 heteroatoms. The van der Waals surface area contributed by atoms with Crippen LogP contribution in [0.1, 0.15) is 30.3 Å². The Morgan fingerprint density at radius 1 is 1.30 bits per heavy atom. The first kappa shape index (κ1) is 20.8. The van der Waals surface area contributed by atoms with E-state index in [-0.39, 0.29) is 6.03 Å². The lowest BCUT2D eigenvalue weighted by molar-refractivity contribution is 0.201. The van der Waals surface area contributed by atoms with Gasteiger partial charge in [0.25, 0.3) is 0 Å². The fraction of sp³-hybridized carbons (Fsp3) is 0.524. The van der Waals surface area contributed by atoms with Gasteiger partial charge in [-0.25, -0.2) is 4.79 Å². The molecule has 0 saturated carbocycles. The Hall–Kier alpha value is -2.50. The fourth-order valence-electron chi connectivity index (χ4n) is 2.92. The molecule has 1 heterocycles. The summed E-state index contributed by atoms with van der Waals surface area (Å²) >= 11 is 0. The molecule has 6 nitrogen and oxygen atoms in total. The Balaban J connectivity index is 1.64. The third-order valence-corrected chi connectivity index (χ3v) is 4.53. The van der Waals surface area contributed by atoms with Crippen molar-refractivity contribution in [1.29, 1.82) is 0 Å². The SMILES string of the molecule is Cc1cc(C)n(CC(C)CNC(=O)N(C)CCCOc2ccccc2C)n1. The normalized spacial score (nSPS) is 11.9. The molecule has 0 aliphatic rings. The monoisotopic (exact) mass is 372 g/mol. The van der Waals surface area contributed by atoms with Crippen molar-refractivity contribution in [2.45, 2.75) is 40.7 Å². The van der Waals surface area contributed by atoms with E-state index in [2.05, 4.69) is 30.3 Å². The predicted molar refractivity (Wildman–Crippen MR) is 108 cm³/mol. The van der Waals surface area contributed by atoms with Crippen LogP contribution in [0, 0.1) is 26.7 Å². The van der Waals surface area contributed by atoms with Crippen LogP contribution in [0.15, 0.2) is 30.3 Å². The molecule has 1 aromatic heterocycles. The molecule has 2 aromatic rings. The van der Waals surface area contributed by atoms with Gasteiger partial charge >= 0.3 is 6.03 Å². The zero-order valence-corrected chi connectivity index (χ0v) is 17.2. The minimum absolute atomic E-state index is 0.0499. The van der Waals surface area contributed by atoms with Gasteiger partial charge in [-0.15, -0.1) is 0 Å². The highest BCUT2D eigenvalue weighted by Gasteiger charge is 2.12. The van der Waals surface area contributed by atoms with E-state index in [1.807, 2.05) is 49.8 Å². The van der Waals surface area contributed by atoms with E-state index in [1.165, 1.54) is 0 Å². The molecule has 0 aliphatic heterocycles. The number of rotatable bonds is 9. The summed E-state index contributed by atoms with van der Waals surface area (Å²) in [4.78, 5) is 13.9. The summed E-state index contributed by atoms with van der Waals surface area (Å²) in [5.74, 6) is 1.22. The highest BCUT2D eigenvalue weighted by Crippen LogP contribution is 2.16. The van der Waals surface area contributed by atoms with E-state index in [9.17, 15) is 4.79 Å². The number of hydrogen-bond acceptors (Lipinski definition) is 3. The molecule has 1 unspecified atom stereocenters. The molecule has 148 valence electrons. The maximum atomic E-state index is 12.2. The number of aromatic nitrogens is 2. The number of amides is 2. The minimum Gasteiger partial charge on any atom is -0.493 e. The molecular formula is C21H32N4O2. The average molecular weight is 373 g/mol. The van der Waals surface area contributed by atoms with Crippen molar-refractivity contribution in [3.63, 3.8) is 0 Å². The summed E-state index contributed by atoms with van der Waals surface area (Å²) in [5, 5.41) is 7.47. The predicted octanol–water partition coefficient (Wildman–Crippen LogP) is 3.55. The van der Waals surface area contributed by atoms with Gasteiger partial charge in [-0.1, -0.05) is 25.1 Å². The third-order valence-electron chi connectivity index (χ3n) is 4.53. The fourth-order valence-corrected chi connectivity index (χ4v) is 2.92. The van der Waals surface area contributed by atoms with E-state index < -0.39 is 0 Å². The van der Waals surface area contributed by atoms with Crippen molar-refractivity contribution in [3.05, 3.63) is 47.3 Å². The van der Waals surface area contributed by atoms with Crippen LogP contribution in [0.3, 0.4) is 0 Å². The number of ether oxygens (including phenoxy) is 1. The minimum atomic E-state index is -0.0499. The van der Waals surface area contributed by atoms with E-state index in [1.54, 1.807) is 4.90 Å². The largest absolute Gasteiger partial charge is 0.493 e. The molecule has 0 fully saturated rings. The molecule has 2 rings (SSSR count). The summed E-state index contributed by atoms with van der Waals surface area (Å²) in [6, 6.07) is 9.98. The Bertz CT molecular complexity index is 742. The van der Waals surface area contributed by atoms with Gasteiger partial charge in [0.2, 0.25) is 0 Å². The Morgan fingerprint density at radius 2 is 2.04 bits per heavy atom. The lowest BCUT2D eigenvalue weighted by atomic mass is 10.2. The summed E-state index contributed by atoms with van der Waals surface area (Å²) in [6.07, 6.45) is 0.791. The number of aryl methyl sites for hydroxylation is 3. The van der Waals surface area contributed by atoms with Crippen LogP contribution in [-0.4, -0.2) is 47.5 Å². The van der Waals surface area contributed by atoms with Gasteiger partial charge in [0, 0.05) is 32.4 Å². The number of carbonyl (C=O) groups excluding carboxylic acids is 1. The molecule has 0 spiro atoms. The van der Waals surface area contributed by atoms with E-state index in [0.717, 1.165) is 35.7 Å². The van der Waals surface area contributed by atoms with Gasteiger partial charge in [-0.2, -0.15) is 5.10 Å². The maximum Gasteiger partial charge on any atom is 0.317 e. The van der Waals surface area contributed by atoms with Crippen LogP contribution in [0.4, 0.5) is 4.79 Å². The van der Waals surface area contributed by atoms with Crippen LogP contribution < -0.4 is 10.1 Å². The first-order valence-corrected chi connectivity index (χ1v) is 9.55. The number of carbonyl (C=O) groups is 1. The number of benzene rings is 1. The van der Waals surface area contributed by atoms with Crippen molar-refractivity contribution in [2.24, 2.45) is 5.92 Å². The Labute approximate surface area is 162 Å². The summed E-state index contributed by atoms with van der Waals surface area (Å²) in [5.41, 5.74) is 3.30. The molecule has 0 radical (unpaired) electrons. The number of nitrogens with one attached hydrogen (secondary N) is 1. The van der Waals surface area contributed by atoms with E-state index in [4.69, 9.17) is 4.74 Å². The first-order valence-electron chi connectivity index (χ1n) is 9.55. The maximum absolute atomic E-state index is 12.2. The third kappa shape index (κ3) is 6.62. The second kappa shape index (κ2) is 10.00. The second-order valence-electron chi connectivity index (χ2n) is 7.29. The molecule has 1 aromatic carbocycles. The highest BCUT2D eigenvalue weighted by molar-refractivity contribution is 5.73. The zero-order valence-electron chi connectivity index (χ0n) is 17.2. The first-order chi connectivity index (χ1) is 12.9. The van der Waals surface area contributed by atoms with Gasteiger partial charge in [0.1, 0.15) is 5.75 Å². The number of hydrogen-bond donors (Lipinski definition) is 1. The Morgan fingerprint density at radius 3 is 2.70 bits per heavy atom. The van der Waals surface area contributed by atoms with Gasteiger partial charge in [-0.3, -0.25) is 4.68 Å². The summed E-state index contributed by atoms with van der Waals surface area (Å²) in [6.45, 7) is 10.9. The van der Waals surface area contributed by atoms with Crippen molar-refractivity contribution in [2.75, 3.05) is 26.7 Å². The molecule has 2 amide bonds. The molecule has 0 aliphatic carbocycles. The quantitative estimate of drug-likeness (QED) is 0.685. The van der Waals surface area contributed by atoms with Crippen molar-refractivity contribution >= 4 is 6.03 Å². The second-order valence-corrected chi connectivity index (χ2v) is 7.29. The standard InChI is InChI=1S/C21H32N4O2/c1-16(15-25-19(4)13-18(3)23-25)14-22-21(26)24(5)11-8-12-27-20-10-7-6-9-17(20)2/h6-7,9-10,13,16H,8,11-12,14-15H2,1-5H3,(H,22,26). The Kier molecular flexibility index (Phi) is 7.70. The molecular weight excluding hydrogens is 340 g/mol. The number of para-hydroxylation sites is 1. The summed E-state index contributed by atoms with van der Waals surface area (Å²) in [7, 11) is 1.81. The van der Waals surface area contributed by atoms with Crippen molar-refractivity contribution in [3.8, 4) is 5.75 Å². The summed E-state index contributed by atoms with van der Waals surface area (Å²) < 4.78 is 7.78. The molecule has 0 saturated heterocycles. The highest BCUT2D eigenvalue weighted by atomic mass is 16.5. The van der Waals surface area contributed by atoms with Crippen LogP contribution in [0.2, 0.25) is 0 Å². The lowest BCUT2D eigenvalue weighted by Crippen LogP contribution is -2.40. The van der Waals surface area contributed by atoms with Gasteiger partial charge in [0.15, 0.2) is 0 Å². The van der Waals surface area contributed by atoms with Crippen LogP contribution in [0.5, 0.6) is 5.75 Å². The topological polar surface area (TPSA) is 59.4 Å². The van der Waals surface area contributed by atoms with Crippen LogP contribution >= 0.6 is 0 Å². The molecule has 27 heavy (non-hydrogen) atoms. The van der Waals surface area contributed by atoms with E-state index >= 15 is 0 Å². The smallest absolute Gasteiger partial charge is 0.317 e. The van der Waals surface area contributed by atoms with Crippen molar-refractivity contribution < 1.29 is 9.53 Å². The van der Waals surface area contributed by atoms with Crippen LogP contribution in [-0.2, 0) is 6.54 Å². The van der Waals surface area contributed by atoms with Crippen LogP contribution in [0.25, 0.3) is 0 Å². The molecule has 1 atom stereocenters. The number of nitrogens with zero attached hydrogens (tertiary/aromatic N) is 3. The molecule has 1 N–H and O–H groups in total. The van der Waals surface area contributed by atoms with Gasteiger partial charge in [0.05, 0.1) is 12.3 Å². The van der Waals surface area contributed by atoms with Gasteiger partial charge < -0.3 is 15.0 Å². The number of urea groups is 1. The van der Waals surface area contributed by atoms with Crippen molar-refractivity contribution in [1.82, 2.24) is 20.0 Å².